The van der Waals surface area contributed by atoms with E-state index in [9.17, 15) is 22.8 Å². The first-order valence-corrected chi connectivity index (χ1v) is 13.9. The Morgan fingerprint density at radius 2 is 1.73 bits per heavy atom. The number of benzene rings is 1. The minimum Gasteiger partial charge on any atom is -0.464 e. The molecule has 2 bridgehead atoms. The van der Waals surface area contributed by atoms with Gasteiger partial charge in [0.05, 0.1) is 17.4 Å². The molecule has 2 N–H and O–H groups in total. The molecule has 3 rings (SSSR count). The number of carbonyl (C=O) groups excluding carboxylic acids is 3. The predicted octanol–water partition coefficient (Wildman–Crippen LogP) is 2.85. The quantitative estimate of drug-likeness (QED) is 0.150. The molecule has 12 heteroatoms. The van der Waals surface area contributed by atoms with Crippen molar-refractivity contribution in [3.8, 4) is 0 Å². The summed E-state index contributed by atoms with van der Waals surface area (Å²) in [6.07, 6.45) is 2.28. The van der Waals surface area contributed by atoms with Gasteiger partial charge in [-0.3, -0.25) is 24.3 Å². The molecular formula is C18H18I3NO7S. The maximum Gasteiger partial charge on any atom is 0.310 e. The SMILES string of the molecule is O=C(NC(=O)C1C2CCC(C2)C1C(=O)OCCS(=O)(=O)O)c1cc(I)cc(I)c1I. The first-order valence-electron chi connectivity index (χ1n) is 9.09. The fourth-order valence-electron chi connectivity index (χ4n) is 4.34. The van der Waals surface area contributed by atoms with Gasteiger partial charge in [-0.2, -0.15) is 8.42 Å². The van der Waals surface area contributed by atoms with E-state index >= 15 is 0 Å². The Bertz CT molecular complexity index is 998. The van der Waals surface area contributed by atoms with E-state index in [0.717, 1.165) is 23.6 Å². The molecule has 0 radical (unpaired) electrons. The van der Waals surface area contributed by atoms with Crippen LogP contribution in [0.15, 0.2) is 12.1 Å². The van der Waals surface area contributed by atoms with Gasteiger partial charge in [0.1, 0.15) is 12.4 Å². The molecule has 8 nitrogen and oxygen atoms in total. The summed E-state index contributed by atoms with van der Waals surface area (Å²) in [7, 11) is -4.24. The number of amides is 2. The second-order valence-electron chi connectivity index (χ2n) is 7.41. The zero-order valence-electron chi connectivity index (χ0n) is 15.4. The smallest absolute Gasteiger partial charge is 0.310 e. The minimum atomic E-state index is -4.24. The van der Waals surface area contributed by atoms with Crippen LogP contribution in [0.3, 0.4) is 0 Å². The van der Waals surface area contributed by atoms with Gasteiger partial charge >= 0.3 is 5.97 Å². The first-order chi connectivity index (χ1) is 14.0. The maximum atomic E-state index is 13.0. The third-order valence-corrected chi connectivity index (χ3v) is 9.90. The second kappa shape index (κ2) is 9.82. The van der Waals surface area contributed by atoms with Crippen molar-refractivity contribution >= 4 is 95.7 Å². The molecule has 2 amide bonds. The van der Waals surface area contributed by atoms with Crippen LogP contribution in [0, 0.1) is 34.4 Å². The Labute approximate surface area is 214 Å². The highest BCUT2D eigenvalue weighted by Crippen LogP contribution is 2.52. The van der Waals surface area contributed by atoms with Crippen molar-refractivity contribution in [3.63, 3.8) is 0 Å². The normalized spacial score (nSPS) is 25.2. The molecule has 4 unspecified atom stereocenters. The molecule has 2 aliphatic rings. The maximum absolute atomic E-state index is 13.0. The molecular weight excluding hydrogens is 755 g/mol. The number of hydrogen-bond donors (Lipinski definition) is 2. The molecule has 0 aliphatic heterocycles. The Morgan fingerprint density at radius 1 is 1.10 bits per heavy atom. The lowest BCUT2D eigenvalue weighted by atomic mass is 9.78. The van der Waals surface area contributed by atoms with Crippen LogP contribution in [0.25, 0.3) is 0 Å². The van der Waals surface area contributed by atoms with Gasteiger partial charge < -0.3 is 4.74 Å². The van der Waals surface area contributed by atoms with E-state index in [1.165, 1.54) is 0 Å². The van der Waals surface area contributed by atoms with E-state index < -0.39 is 52.1 Å². The topological polar surface area (TPSA) is 127 Å². The number of nitrogens with one attached hydrogen (secondary N) is 1. The molecule has 1 aromatic rings. The van der Waals surface area contributed by atoms with Gasteiger partial charge in [0.15, 0.2) is 0 Å². The fraction of sp³-hybridized carbons (Fsp3) is 0.500. The number of fused-ring (bicyclic) bond motifs is 2. The van der Waals surface area contributed by atoms with Gasteiger partial charge in [0, 0.05) is 10.7 Å². The number of hydrogen-bond acceptors (Lipinski definition) is 6. The third-order valence-electron chi connectivity index (χ3n) is 5.55. The number of rotatable bonds is 6. The Kier molecular flexibility index (Phi) is 8.05. The number of esters is 1. The zero-order chi connectivity index (χ0) is 22.2. The lowest BCUT2D eigenvalue weighted by Gasteiger charge is -2.28. The van der Waals surface area contributed by atoms with Crippen molar-refractivity contribution in [2.24, 2.45) is 23.7 Å². The summed E-state index contributed by atoms with van der Waals surface area (Å²) in [5.74, 6) is -3.82. The predicted molar refractivity (Wildman–Crippen MR) is 132 cm³/mol. The highest BCUT2D eigenvalue weighted by molar-refractivity contribution is 14.1. The Balaban J connectivity index is 1.72. The molecule has 30 heavy (non-hydrogen) atoms. The minimum absolute atomic E-state index is 0.0166. The number of imide groups is 1. The largest absolute Gasteiger partial charge is 0.464 e. The van der Waals surface area contributed by atoms with E-state index in [1.807, 2.05) is 6.07 Å². The van der Waals surface area contributed by atoms with Crippen molar-refractivity contribution in [2.45, 2.75) is 19.3 Å². The summed E-state index contributed by atoms with van der Waals surface area (Å²) in [6, 6.07) is 3.63. The summed E-state index contributed by atoms with van der Waals surface area (Å²) in [5.41, 5.74) is 0.399. The summed E-state index contributed by atoms with van der Waals surface area (Å²) < 4.78 is 38.0. The second-order valence-corrected chi connectivity index (χ2v) is 12.5. The van der Waals surface area contributed by atoms with Crippen LogP contribution in [0.4, 0.5) is 0 Å². The number of ether oxygens (including phenoxy) is 1. The molecule has 164 valence electrons. The molecule has 0 aromatic heterocycles. The first kappa shape index (κ1) is 24.6. The van der Waals surface area contributed by atoms with Crippen LogP contribution in [-0.4, -0.2) is 43.1 Å². The van der Waals surface area contributed by atoms with E-state index in [1.54, 1.807) is 6.07 Å². The highest BCUT2D eigenvalue weighted by atomic mass is 127. The van der Waals surface area contributed by atoms with E-state index in [0.29, 0.717) is 12.0 Å². The van der Waals surface area contributed by atoms with Crippen LogP contribution in [0.2, 0.25) is 0 Å². The molecule has 1 aromatic carbocycles. The molecule has 2 aliphatic carbocycles. The third kappa shape index (κ3) is 5.64. The summed E-state index contributed by atoms with van der Waals surface area (Å²) in [5, 5.41) is 2.45. The Morgan fingerprint density at radius 3 is 2.37 bits per heavy atom. The van der Waals surface area contributed by atoms with Crippen LogP contribution in [0.5, 0.6) is 0 Å². The fourth-order valence-corrected chi connectivity index (χ4v) is 7.03. The van der Waals surface area contributed by atoms with E-state index in [-0.39, 0.29) is 11.8 Å². The summed E-state index contributed by atoms with van der Waals surface area (Å²) in [4.78, 5) is 38.3. The molecule has 2 saturated carbocycles. The van der Waals surface area contributed by atoms with Crippen LogP contribution < -0.4 is 5.32 Å². The van der Waals surface area contributed by atoms with Crippen molar-refractivity contribution in [2.75, 3.05) is 12.4 Å². The Hall–Kier alpha value is -0.0700. The van der Waals surface area contributed by atoms with E-state index in [4.69, 9.17) is 9.29 Å². The lowest BCUT2D eigenvalue weighted by Crippen LogP contribution is -2.44. The molecule has 4 atom stereocenters. The van der Waals surface area contributed by atoms with Gasteiger partial charge in [0.25, 0.3) is 16.0 Å². The van der Waals surface area contributed by atoms with Crippen molar-refractivity contribution in [3.05, 3.63) is 28.4 Å². The average molecular weight is 773 g/mol. The summed E-state index contributed by atoms with van der Waals surface area (Å²) >= 11 is 6.29. The zero-order valence-corrected chi connectivity index (χ0v) is 22.7. The highest BCUT2D eigenvalue weighted by Gasteiger charge is 2.54. The lowest BCUT2D eigenvalue weighted by molar-refractivity contribution is -0.154. The van der Waals surface area contributed by atoms with Gasteiger partial charge in [-0.25, -0.2) is 0 Å². The van der Waals surface area contributed by atoms with Gasteiger partial charge in [-0.05, 0) is 111 Å². The van der Waals surface area contributed by atoms with Crippen LogP contribution >= 0.6 is 67.8 Å². The van der Waals surface area contributed by atoms with Crippen molar-refractivity contribution < 1.29 is 32.1 Å². The standard InChI is InChI=1S/C18H18I3NO7S/c19-10-6-11(15(21)12(20)7-10)16(23)22-17(24)13-8-1-2-9(5-8)14(13)18(25)29-3-4-30(26,27)28/h6-9,13-14H,1-5H2,(H,22,23,24)(H,26,27,28). The van der Waals surface area contributed by atoms with Crippen molar-refractivity contribution in [1.29, 1.82) is 0 Å². The van der Waals surface area contributed by atoms with Gasteiger partial charge in [-0.1, -0.05) is 0 Å². The summed E-state index contributed by atoms with van der Waals surface area (Å²) in [6.45, 7) is -0.474. The van der Waals surface area contributed by atoms with Gasteiger partial charge in [-0.15, -0.1) is 0 Å². The number of carbonyl (C=O) groups is 3. The number of halogens is 3. The molecule has 0 spiro atoms. The van der Waals surface area contributed by atoms with Crippen molar-refractivity contribution in [1.82, 2.24) is 5.32 Å². The molecule has 0 saturated heterocycles. The van der Waals surface area contributed by atoms with Crippen LogP contribution in [-0.2, 0) is 24.4 Å². The van der Waals surface area contributed by atoms with Crippen LogP contribution in [0.1, 0.15) is 29.6 Å². The molecule has 0 heterocycles. The molecule has 2 fully saturated rings. The van der Waals surface area contributed by atoms with Gasteiger partial charge in [0.2, 0.25) is 5.91 Å². The van der Waals surface area contributed by atoms with E-state index in [2.05, 4.69) is 73.1 Å². The monoisotopic (exact) mass is 773 g/mol. The average Bonchev–Trinajstić information content (AvgIpc) is 3.24.